The molecule has 0 spiro atoms. The van der Waals surface area contributed by atoms with Crippen LogP contribution in [0.4, 0.5) is 5.88 Å². The molecule has 0 fully saturated rings. The van der Waals surface area contributed by atoms with Crippen LogP contribution in [0.3, 0.4) is 0 Å². The van der Waals surface area contributed by atoms with E-state index < -0.39 is 22.8 Å². The molecule has 0 aliphatic rings. The molecule has 0 radical (unpaired) electrons. The van der Waals surface area contributed by atoms with Gasteiger partial charge in [-0.2, -0.15) is 0 Å². The smallest absolute Gasteiger partial charge is 0.433 e. The van der Waals surface area contributed by atoms with Crippen molar-refractivity contribution in [1.29, 1.82) is 0 Å². The van der Waals surface area contributed by atoms with Crippen LogP contribution in [0.25, 0.3) is 0 Å². The van der Waals surface area contributed by atoms with Gasteiger partial charge in [0.1, 0.15) is 10.7 Å². The van der Waals surface area contributed by atoms with E-state index >= 15 is 0 Å². The lowest BCUT2D eigenvalue weighted by atomic mass is 10.1. The standard InChI is InChI=1S/C14H14N2O5/c1-9(10-5-3-4-6-11(10)17)15(2)14(18)12-7-8-13(21-12)16(19)20/h3-9,17H,1-2H3. The molecular formula is C14H14N2O5. The first-order valence-electron chi connectivity index (χ1n) is 6.21. The van der Waals surface area contributed by atoms with Gasteiger partial charge in [-0.1, -0.05) is 18.2 Å². The second-order valence-corrected chi connectivity index (χ2v) is 4.55. The van der Waals surface area contributed by atoms with Gasteiger partial charge in [-0.3, -0.25) is 14.9 Å². The van der Waals surface area contributed by atoms with Crippen molar-refractivity contribution in [2.45, 2.75) is 13.0 Å². The Balaban J connectivity index is 2.22. The first-order chi connectivity index (χ1) is 9.91. The van der Waals surface area contributed by atoms with Crippen LogP contribution >= 0.6 is 0 Å². The quantitative estimate of drug-likeness (QED) is 0.689. The zero-order chi connectivity index (χ0) is 15.6. The van der Waals surface area contributed by atoms with Gasteiger partial charge in [0.2, 0.25) is 0 Å². The van der Waals surface area contributed by atoms with Crippen LogP contribution in [0.1, 0.15) is 29.1 Å². The summed E-state index contributed by atoms with van der Waals surface area (Å²) >= 11 is 0. The summed E-state index contributed by atoms with van der Waals surface area (Å²) in [4.78, 5) is 23.4. The number of hydrogen-bond donors (Lipinski definition) is 1. The molecule has 1 aromatic heterocycles. The second-order valence-electron chi connectivity index (χ2n) is 4.55. The fraction of sp³-hybridized carbons (Fsp3) is 0.214. The van der Waals surface area contributed by atoms with E-state index in [2.05, 4.69) is 0 Å². The number of carbonyl (C=O) groups excluding carboxylic acids is 1. The van der Waals surface area contributed by atoms with Crippen LogP contribution in [0.5, 0.6) is 5.75 Å². The molecule has 0 saturated heterocycles. The van der Waals surface area contributed by atoms with Crippen LogP contribution < -0.4 is 0 Å². The van der Waals surface area contributed by atoms with Gasteiger partial charge in [0, 0.05) is 12.6 Å². The second kappa shape index (κ2) is 5.66. The number of para-hydroxylation sites is 1. The number of nitrogens with zero attached hydrogens (tertiary/aromatic N) is 2. The monoisotopic (exact) mass is 290 g/mol. The Morgan fingerprint density at radius 2 is 2.00 bits per heavy atom. The third-order valence-electron chi connectivity index (χ3n) is 3.27. The van der Waals surface area contributed by atoms with Crippen molar-refractivity contribution in [3.63, 3.8) is 0 Å². The molecular weight excluding hydrogens is 276 g/mol. The minimum absolute atomic E-state index is 0.0788. The highest BCUT2D eigenvalue weighted by Gasteiger charge is 2.25. The minimum atomic E-state index is -0.705. The third-order valence-corrected chi connectivity index (χ3v) is 3.27. The van der Waals surface area contributed by atoms with E-state index in [1.54, 1.807) is 25.1 Å². The minimum Gasteiger partial charge on any atom is -0.508 e. The highest BCUT2D eigenvalue weighted by Crippen LogP contribution is 2.28. The Hall–Kier alpha value is -2.83. The summed E-state index contributed by atoms with van der Waals surface area (Å²) in [5.41, 5.74) is 0.578. The SMILES string of the molecule is CC(c1ccccc1O)N(C)C(=O)c1ccc([N+](=O)[O-])o1. The van der Waals surface area contributed by atoms with E-state index in [1.807, 2.05) is 0 Å². The number of benzene rings is 1. The number of amides is 1. The van der Waals surface area contributed by atoms with E-state index in [0.29, 0.717) is 5.56 Å². The number of phenolic OH excluding ortho intramolecular Hbond substituents is 1. The van der Waals surface area contributed by atoms with E-state index in [4.69, 9.17) is 4.42 Å². The van der Waals surface area contributed by atoms with E-state index in [0.717, 1.165) is 6.07 Å². The summed E-state index contributed by atoms with van der Waals surface area (Å²) in [7, 11) is 1.54. The Kier molecular flexibility index (Phi) is 3.93. The van der Waals surface area contributed by atoms with Gasteiger partial charge < -0.3 is 14.4 Å². The molecule has 0 aliphatic heterocycles. The summed E-state index contributed by atoms with van der Waals surface area (Å²) in [6, 6.07) is 8.64. The fourth-order valence-electron chi connectivity index (χ4n) is 1.94. The fourth-order valence-corrected chi connectivity index (χ4v) is 1.94. The number of phenols is 1. The predicted molar refractivity (Wildman–Crippen MR) is 74.0 cm³/mol. The molecule has 7 nitrogen and oxygen atoms in total. The van der Waals surface area contributed by atoms with Crippen molar-refractivity contribution in [2.75, 3.05) is 7.05 Å². The molecule has 1 unspecified atom stereocenters. The summed E-state index contributed by atoms with van der Waals surface area (Å²) < 4.78 is 4.89. The van der Waals surface area contributed by atoms with E-state index in [1.165, 1.54) is 24.1 Å². The number of rotatable bonds is 4. The number of furan rings is 1. The normalized spacial score (nSPS) is 11.9. The van der Waals surface area contributed by atoms with Crippen LogP contribution in [-0.4, -0.2) is 27.9 Å². The maximum Gasteiger partial charge on any atom is 0.433 e. The molecule has 1 atom stereocenters. The largest absolute Gasteiger partial charge is 0.508 e. The van der Waals surface area contributed by atoms with E-state index in [9.17, 15) is 20.0 Å². The Morgan fingerprint density at radius 3 is 2.57 bits per heavy atom. The topological polar surface area (TPSA) is 96.8 Å². The highest BCUT2D eigenvalue weighted by molar-refractivity contribution is 5.91. The van der Waals surface area contributed by atoms with Crippen molar-refractivity contribution in [3.05, 3.63) is 57.8 Å². The molecule has 0 aliphatic carbocycles. The summed E-state index contributed by atoms with van der Waals surface area (Å²) in [6.07, 6.45) is 0. The molecule has 1 heterocycles. The Bertz CT molecular complexity index is 680. The van der Waals surface area contributed by atoms with Crippen molar-refractivity contribution in [1.82, 2.24) is 4.90 Å². The Morgan fingerprint density at radius 1 is 1.33 bits per heavy atom. The number of hydrogen-bond acceptors (Lipinski definition) is 5. The molecule has 7 heteroatoms. The van der Waals surface area contributed by atoms with Gasteiger partial charge in [-0.15, -0.1) is 0 Å². The van der Waals surface area contributed by atoms with Crippen LogP contribution in [0, 0.1) is 10.1 Å². The number of nitro groups is 1. The molecule has 2 rings (SSSR count). The summed E-state index contributed by atoms with van der Waals surface area (Å²) in [5.74, 6) is -1.03. The van der Waals surface area contributed by atoms with Crippen molar-refractivity contribution < 1.29 is 19.2 Å². The third kappa shape index (κ3) is 2.86. The van der Waals surface area contributed by atoms with Crippen LogP contribution in [0.2, 0.25) is 0 Å². The van der Waals surface area contributed by atoms with Crippen molar-refractivity contribution in [2.24, 2.45) is 0 Å². The maximum atomic E-state index is 12.2. The molecule has 0 bridgehead atoms. The molecule has 110 valence electrons. The van der Waals surface area contributed by atoms with Gasteiger partial charge >= 0.3 is 5.88 Å². The van der Waals surface area contributed by atoms with Crippen molar-refractivity contribution in [3.8, 4) is 5.75 Å². The molecule has 1 amide bonds. The summed E-state index contributed by atoms with van der Waals surface area (Å²) in [6.45, 7) is 1.74. The number of carbonyl (C=O) groups is 1. The highest BCUT2D eigenvalue weighted by atomic mass is 16.6. The average molecular weight is 290 g/mol. The van der Waals surface area contributed by atoms with Gasteiger partial charge in [-0.25, -0.2) is 0 Å². The zero-order valence-electron chi connectivity index (χ0n) is 11.5. The molecule has 21 heavy (non-hydrogen) atoms. The van der Waals surface area contributed by atoms with Crippen LogP contribution in [-0.2, 0) is 0 Å². The van der Waals surface area contributed by atoms with Gasteiger partial charge in [0.05, 0.1) is 12.1 Å². The summed E-state index contributed by atoms with van der Waals surface area (Å²) in [5, 5.41) is 20.4. The number of aromatic hydroxyl groups is 1. The lowest BCUT2D eigenvalue weighted by molar-refractivity contribution is -0.402. The van der Waals surface area contributed by atoms with Crippen molar-refractivity contribution >= 4 is 11.8 Å². The Labute approximate surface area is 120 Å². The molecule has 0 saturated carbocycles. The maximum absolute atomic E-state index is 12.2. The van der Waals surface area contributed by atoms with Gasteiger partial charge in [0.25, 0.3) is 5.91 Å². The van der Waals surface area contributed by atoms with Gasteiger partial charge in [-0.05, 0) is 19.1 Å². The molecule has 1 aromatic carbocycles. The van der Waals surface area contributed by atoms with Gasteiger partial charge in [0.15, 0.2) is 5.76 Å². The zero-order valence-corrected chi connectivity index (χ0v) is 11.5. The van der Waals surface area contributed by atoms with E-state index in [-0.39, 0.29) is 11.5 Å². The first-order valence-corrected chi connectivity index (χ1v) is 6.21. The predicted octanol–water partition coefficient (Wildman–Crippen LogP) is 2.73. The van der Waals surface area contributed by atoms with Crippen LogP contribution in [0.15, 0.2) is 40.8 Å². The first kappa shape index (κ1) is 14.6. The molecule has 1 N–H and O–H groups in total. The average Bonchev–Trinajstić information content (AvgIpc) is 2.95. The lowest BCUT2D eigenvalue weighted by Gasteiger charge is -2.24. The lowest BCUT2D eigenvalue weighted by Crippen LogP contribution is -2.29. The molecule has 2 aromatic rings.